The maximum Gasteiger partial charge on any atom is 0.0543 e. The lowest BCUT2D eigenvalue weighted by atomic mass is 9.96. The molecular weight excluding hydrogens is 246 g/mol. The van der Waals surface area contributed by atoms with Crippen molar-refractivity contribution in [1.29, 1.82) is 0 Å². The predicted molar refractivity (Wildman–Crippen MR) is 84.1 cm³/mol. The molecule has 1 N–H and O–H groups in total. The van der Waals surface area contributed by atoms with E-state index >= 15 is 0 Å². The average Bonchev–Trinajstić information content (AvgIpc) is 2.53. The van der Waals surface area contributed by atoms with Crippen LogP contribution in [0.15, 0.2) is 71.9 Å². The Morgan fingerprint density at radius 2 is 1.45 bits per heavy atom. The van der Waals surface area contributed by atoms with Gasteiger partial charge in [0.15, 0.2) is 0 Å². The van der Waals surface area contributed by atoms with Gasteiger partial charge in [-0.1, -0.05) is 71.9 Å². The molecule has 0 saturated carbocycles. The summed E-state index contributed by atoms with van der Waals surface area (Å²) >= 11 is 0. The number of allylic oxidation sites excluding steroid dienone is 1. The molecule has 0 amide bonds. The van der Waals surface area contributed by atoms with Gasteiger partial charge in [0.05, 0.1) is 5.71 Å². The largest absolute Gasteiger partial charge is 0.411 e. The number of benzene rings is 2. The lowest BCUT2D eigenvalue weighted by molar-refractivity contribution is 0.317. The summed E-state index contributed by atoms with van der Waals surface area (Å²) in [5.41, 5.74) is 4.38. The summed E-state index contributed by atoms with van der Waals surface area (Å²) in [6.45, 7) is 1.83. The summed E-state index contributed by atoms with van der Waals surface area (Å²) in [6.07, 6.45) is 3.83. The number of oxime groups is 1. The molecule has 0 spiro atoms. The minimum absolute atomic E-state index is 0.752. The van der Waals surface area contributed by atoms with Gasteiger partial charge in [0.25, 0.3) is 0 Å². The first-order valence-corrected chi connectivity index (χ1v) is 6.80. The van der Waals surface area contributed by atoms with Crippen molar-refractivity contribution in [2.24, 2.45) is 5.16 Å². The standard InChI is InChI=1S/C18H19NO/c1-15(19-20)9-8-14-18(16-10-4-2-5-11-16)17-12-6-3-7-13-17/h2-7,10-14,20H,8-9H2,1H3/b19-15+. The van der Waals surface area contributed by atoms with Crippen LogP contribution in [-0.4, -0.2) is 10.9 Å². The lowest BCUT2D eigenvalue weighted by Crippen LogP contribution is -1.92. The molecule has 0 atom stereocenters. The smallest absolute Gasteiger partial charge is 0.0543 e. The second-order valence-electron chi connectivity index (χ2n) is 4.72. The minimum atomic E-state index is 0.752. The van der Waals surface area contributed by atoms with Crippen molar-refractivity contribution in [2.45, 2.75) is 19.8 Å². The molecule has 0 aromatic heterocycles. The molecule has 2 aromatic carbocycles. The maximum absolute atomic E-state index is 8.70. The van der Waals surface area contributed by atoms with Crippen molar-refractivity contribution < 1.29 is 5.21 Å². The molecule has 102 valence electrons. The highest BCUT2D eigenvalue weighted by Crippen LogP contribution is 2.23. The second-order valence-corrected chi connectivity index (χ2v) is 4.72. The van der Waals surface area contributed by atoms with Gasteiger partial charge < -0.3 is 5.21 Å². The Morgan fingerprint density at radius 3 is 1.90 bits per heavy atom. The van der Waals surface area contributed by atoms with Crippen molar-refractivity contribution >= 4 is 11.3 Å². The highest BCUT2D eigenvalue weighted by Gasteiger charge is 2.03. The Bertz CT molecular complexity index is 544. The zero-order valence-corrected chi connectivity index (χ0v) is 11.7. The van der Waals surface area contributed by atoms with Gasteiger partial charge in [-0.3, -0.25) is 0 Å². The Morgan fingerprint density at radius 1 is 0.950 bits per heavy atom. The first kappa shape index (κ1) is 14.1. The molecule has 0 unspecified atom stereocenters. The fourth-order valence-corrected chi connectivity index (χ4v) is 2.11. The zero-order chi connectivity index (χ0) is 14.2. The summed E-state index contributed by atoms with van der Waals surface area (Å²) < 4.78 is 0. The van der Waals surface area contributed by atoms with E-state index in [1.165, 1.54) is 16.7 Å². The van der Waals surface area contributed by atoms with Crippen molar-refractivity contribution in [1.82, 2.24) is 0 Å². The Kier molecular flexibility index (Phi) is 5.13. The van der Waals surface area contributed by atoms with Gasteiger partial charge in [-0.2, -0.15) is 0 Å². The molecule has 0 radical (unpaired) electrons. The maximum atomic E-state index is 8.70. The first-order valence-electron chi connectivity index (χ1n) is 6.80. The van der Waals surface area contributed by atoms with Crippen LogP contribution in [0.3, 0.4) is 0 Å². The molecular formula is C18H19NO. The van der Waals surface area contributed by atoms with Crippen LogP contribution in [-0.2, 0) is 0 Å². The molecule has 2 nitrogen and oxygen atoms in total. The van der Waals surface area contributed by atoms with Crippen LogP contribution in [0.2, 0.25) is 0 Å². The topological polar surface area (TPSA) is 32.6 Å². The summed E-state index contributed by atoms with van der Waals surface area (Å²) in [5, 5.41) is 11.9. The molecule has 0 aliphatic carbocycles. The van der Waals surface area contributed by atoms with Crippen LogP contribution in [0.5, 0.6) is 0 Å². The highest BCUT2D eigenvalue weighted by atomic mass is 16.4. The molecule has 0 fully saturated rings. The van der Waals surface area contributed by atoms with Crippen LogP contribution >= 0.6 is 0 Å². The fraction of sp³-hybridized carbons (Fsp3) is 0.167. The van der Waals surface area contributed by atoms with Crippen LogP contribution in [0.4, 0.5) is 0 Å². The van der Waals surface area contributed by atoms with Gasteiger partial charge in [-0.25, -0.2) is 0 Å². The minimum Gasteiger partial charge on any atom is -0.411 e. The third-order valence-electron chi connectivity index (χ3n) is 3.19. The quantitative estimate of drug-likeness (QED) is 0.472. The van der Waals surface area contributed by atoms with Crippen LogP contribution in [0.1, 0.15) is 30.9 Å². The van der Waals surface area contributed by atoms with E-state index in [9.17, 15) is 0 Å². The number of hydrogen-bond donors (Lipinski definition) is 1. The summed E-state index contributed by atoms with van der Waals surface area (Å²) in [4.78, 5) is 0. The third kappa shape index (κ3) is 3.82. The van der Waals surface area contributed by atoms with E-state index in [-0.39, 0.29) is 0 Å². The predicted octanol–water partition coefficient (Wildman–Crippen LogP) is 4.75. The van der Waals surface area contributed by atoms with E-state index in [2.05, 4.69) is 35.5 Å². The third-order valence-corrected chi connectivity index (χ3v) is 3.19. The molecule has 0 saturated heterocycles. The van der Waals surface area contributed by atoms with Crippen LogP contribution < -0.4 is 0 Å². The molecule has 20 heavy (non-hydrogen) atoms. The molecule has 0 bridgehead atoms. The van der Waals surface area contributed by atoms with Gasteiger partial charge in [-0.15, -0.1) is 0 Å². The molecule has 0 heterocycles. The fourth-order valence-electron chi connectivity index (χ4n) is 2.11. The molecule has 2 heteroatoms. The van der Waals surface area contributed by atoms with Crippen molar-refractivity contribution in [2.75, 3.05) is 0 Å². The number of nitrogens with zero attached hydrogens (tertiary/aromatic N) is 1. The number of hydrogen-bond acceptors (Lipinski definition) is 2. The SMILES string of the molecule is C/C(CCC=C(c1ccccc1)c1ccccc1)=N\O. The van der Waals surface area contributed by atoms with E-state index in [0.717, 1.165) is 18.6 Å². The highest BCUT2D eigenvalue weighted by molar-refractivity contribution is 5.83. The van der Waals surface area contributed by atoms with E-state index < -0.39 is 0 Å². The first-order chi connectivity index (χ1) is 9.81. The van der Waals surface area contributed by atoms with E-state index in [4.69, 9.17) is 5.21 Å². The van der Waals surface area contributed by atoms with E-state index in [0.29, 0.717) is 0 Å². The van der Waals surface area contributed by atoms with Gasteiger partial charge >= 0.3 is 0 Å². The number of rotatable bonds is 5. The van der Waals surface area contributed by atoms with Crippen molar-refractivity contribution in [3.8, 4) is 0 Å². The molecule has 0 aliphatic heterocycles. The van der Waals surface area contributed by atoms with Crippen molar-refractivity contribution in [3.05, 3.63) is 77.9 Å². The summed E-state index contributed by atoms with van der Waals surface area (Å²) in [6, 6.07) is 20.7. The normalized spacial score (nSPS) is 11.2. The zero-order valence-electron chi connectivity index (χ0n) is 11.7. The van der Waals surface area contributed by atoms with Gasteiger partial charge in [-0.05, 0) is 36.5 Å². The van der Waals surface area contributed by atoms with Crippen LogP contribution in [0, 0.1) is 0 Å². The van der Waals surface area contributed by atoms with E-state index in [1.807, 2.05) is 43.3 Å². The molecule has 2 aromatic rings. The molecule has 2 rings (SSSR count). The van der Waals surface area contributed by atoms with Crippen molar-refractivity contribution in [3.63, 3.8) is 0 Å². The van der Waals surface area contributed by atoms with E-state index in [1.54, 1.807) is 0 Å². The van der Waals surface area contributed by atoms with Crippen LogP contribution in [0.25, 0.3) is 5.57 Å². The Labute approximate surface area is 120 Å². The Balaban J connectivity index is 2.28. The monoisotopic (exact) mass is 265 g/mol. The van der Waals surface area contributed by atoms with Gasteiger partial charge in [0.1, 0.15) is 0 Å². The average molecular weight is 265 g/mol. The lowest BCUT2D eigenvalue weighted by Gasteiger charge is -2.08. The summed E-state index contributed by atoms with van der Waals surface area (Å²) in [5.74, 6) is 0. The summed E-state index contributed by atoms with van der Waals surface area (Å²) in [7, 11) is 0. The molecule has 0 aliphatic rings. The Hall–Kier alpha value is -2.35. The van der Waals surface area contributed by atoms with Gasteiger partial charge in [0, 0.05) is 0 Å². The van der Waals surface area contributed by atoms with Gasteiger partial charge in [0.2, 0.25) is 0 Å². The second kappa shape index (κ2) is 7.29.